The summed E-state index contributed by atoms with van der Waals surface area (Å²) in [6.07, 6.45) is 3.44. The lowest BCUT2D eigenvalue weighted by Gasteiger charge is -2.16. The van der Waals surface area contributed by atoms with Crippen LogP contribution < -0.4 is 5.73 Å². The number of nitrogens with two attached hydrogens (primary N) is 1. The summed E-state index contributed by atoms with van der Waals surface area (Å²) in [5, 5.41) is 0.603. The van der Waals surface area contributed by atoms with Crippen LogP contribution in [0.25, 0.3) is 0 Å². The van der Waals surface area contributed by atoms with Crippen molar-refractivity contribution in [2.24, 2.45) is 0 Å². The van der Waals surface area contributed by atoms with Crippen LogP contribution in [0.4, 0.5) is 5.69 Å². The van der Waals surface area contributed by atoms with Crippen molar-refractivity contribution in [1.29, 1.82) is 0 Å². The Kier molecular flexibility index (Phi) is 3.71. The molecule has 0 aliphatic heterocycles. The summed E-state index contributed by atoms with van der Waals surface area (Å²) in [6.45, 7) is 1.67. The quantitative estimate of drug-likeness (QED) is 0.848. The molecule has 1 heterocycles. The van der Waals surface area contributed by atoms with Gasteiger partial charge in [0, 0.05) is 18.7 Å². The van der Waals surface area contributed by atoms with Crippen LogP contribution in [-0.4, -0.2) is 11.9 Å². The van der Waals surface area contributed by atoms with E-state index in [1.165, 1.54) is 0 Å². The van der Waals surface area contributed by atoms with Crippen molar-refractivity contribution in [3.63, 3.8) is 0 Å². The zero-order valence-corrected chi connectivity index (χ0v) is 10.4. The zero-order valence-electron chi connectivity index (χ0n) is 9.69. The monoisotopic (exact) mass is 250 g/mol. The highest BCUT2D eigenvalue weighted by Crippen LogP contribution is 2.20. The molecule has 0 aliphatic rings. The summed E-state index contributed by atoms with van der Waals surface area (Å²) in [6, 6.07) is 7.70. The second-order valence-electron chi connectivity index (χ2n) is 4.16. The molecule has 4 heteroatoms. The zero-order chi connectivity index (χ0) is 12.3. The molecule has 3 nitrogen and oxygen atoms in total. The topological polar surface area (TPSA) is 42.4 Å². The van der Waals surface area contributed by atoms with Gasteiger partial charge in [-0.3, -0.25) is 4.90 Å². The molecule has 1 aromatic carbocycles. The molecular formula is C13H15ClN2O. The molecule has 2 rings (SSSR count). The Morgan fingerprint density at radius 2 is 2.00 bits per heavy atom. The highest BCUT2D eigenvalue weighted by molar-refractivity contribution is 6.33. The third-order valence-electron chi connectivity index (χ3n) is 2.55. The minimum Gasteiger partial charge on any atom is -0.472 e. The maximum absolute atomic E-state index is 5.88. The fourth-order valence-electron chi connectivity index (χ4n) is 1.75. The number of hydrogen-bond acceptors (Lipinski definition) is 3. The van der Waals surface area contributed by atoms with Gasteiger partial charge < -0.3 is 10.2 Å². The van der Waals surface area contributed by atoms with Crippen molar-refractivity contribution >= 4 is 17.3 Å². The van der Waals surface area contributed by atoms with E-state index in [1.54, 1.807) is 12.5 Å². The van der Waals surface area contributed by atoms with Crippen molar-refractivity contribution in [3.05, 3.63) is 52.9 Å². The first kappa shape index (κ1) is 12.0. The maximum Gasteiger partial charge on any atom is 0.0947 e. The minimum atomic E-state index is 0.603. The molecule has 0 atom stereocenters. The van der Waals surface area contributed by atoms with Crippen molar-refractivity contribution < 1.29 is 4.42 Å². The minimum absolute atomic E-state index is 0.603. The fourth-order valence-corrected chi connectivity index (χ4v) is 1.87. The van der Waals surface area contributed by atoms with Crippen molar-refractivity contribution in [2.75, 3.05) is 12.8 Å². The number of anilines is 1. The number of nitrogen functional groups attached to an aromatic ring is 1. The van der Waals surface area contributed by atoms with E-state index in [0.717, 1.165) is 24.2 Å². The van der Waals surface area contributed by atoms with Crippen LogP contribution in [0.15, 0.2) is 41.2 Å². The van der Waals surface area contributed by atoms with E-state index in [4.69, 9.17) is 21.8 Å². The Balaban J connectivity index is 1.98. The van der Waals surface area contributed by atoms with Crippen LogP contribution in [0, 0.1) is 0 Å². The summed E-state index contributed by atoms with van der Waals surface area (Å²) in [7, 11) is 2.05. The first-order valence-corrected chi connectivity index (χ1v) is 5.76. The third-order valence-corrected chi connectivity index (χ3v) is 2.89. The van der Waals surface area contributed by atoms with Crippen molar-refractivity contribution in [3.8, 4) is 0 Å². The SMILES string of the molecule is CN(Cc1ccoc1)Cc1ccc(Cl)c(N)c1. The van der Waals surface area contributed by atoms with Gasteiger partial charge in [-0.1, -0.05) is 17.7 Å². The normalized spacial score (nSPS) is 11.0. The van der Waals surface area contributed by atoms with Gasteiger partial charge in [-0.2, -0.15) is 0 Å². The Morgan fingerprint density at radius 3 is 2.65 bits per heavy atom. The highest BCUT2D eigenvalue weighted by Gasteiger charge is 2.04. The number of nitrogens with zero attached hydrogens (tertiary/aromatic N) is 1. The van der Waals surface area contributed by atoms with E-state index < -0.39 is 0 Å². The van der Waals surface area contributed by atoms with Gasteiger partial charge in [0.05, 0.1) is 23.2 Å². The fraction of sp³-hybridized carbons (Fsp3) is 0.231. The van der Waals surface area contributed by atoms with E-state index in [1.807, 2.05) is 24.3 Å². The van der Waals surface area contributed by atoms with Gasteiger partial charge in [0.25, 0.3) is 0 Å². The lowest BCUT2D eigenvalue weighted by molar-refractivity contribution is 0.318. The number of halogens is 1. The van der Waals surface area contributed by atoms with Crippen LogP contribution >= 0.6 is 11.6 Å². The van der Waals surface area contributed by atoms with Gasteiger partial charge >= 0.3 is 0 Å². The van der Waals surface area contributed by atoms with Gasteiger partial charge in [-0.05, 0) is 30.8 Å². The smallest absolute Gasteiger partial charge is 0.0947 e. The molecule has 17 heavy (non-hydrogen) atoms. The van der Waals surface area contributed by atoms with Crippen LogP contribution in [-0.2, 0) is 13.1 Å². The van der Waals surface area contributed by atoms with E-state index >= 15 is 0 Å². The predicted octanol–water partition coefficient (Wildman–Crippen LogP) is 3.15. The maximum atomic E-state index is 5.88. The molecule has 0 aliphatic carbocycles. The lowest BCUT2D eigenvalue weighted by atomic mass is 10.2. The number of furan rings is 1. The summed E-state index contributed by atoms with van der Waals surface area (Å²) in [5.41, 5.74) is 8.71. The summed E-state index contributed by atoms with van der Waals surface area (Å²) < 4.78 is 5.04. The van der Waals surface area contributed by atoms with E-state index in [2.05, 4.69) is 11.9 Å². The van der Waals surface area contributed by atoms with E-state index in [0.29, 0.717) is 10.7 Å². The molecule has 0 saturated carbocycles. The number of hydrogen-bond donors (Lipinski definition) is 1. The molecule has 1 aromatic heterocycles. The first-order chi connectivity index (χ1) is 8.15. The number of benzene rings is 1. The largest absolute Gasteiger partial charge is 0.472 e. The summed E-state index contributed by atoms with van der Waals surface area (Å²) >= 11 is 5.88. The first-order valence-electron chi connectivity index (χ1n) is 5.38. The van der Waals surface area contributed by atoms with Gasteiger partial charge in [-0.15, -0.1) is 0 Å². The Hall–Kier alpha value is -1.45. The molecule has 0 amide bonds. The molecule has 90 valence electrons. The van der Waals surface area contributed by atoms with Gasteiger partial charge in [0.1, 0.15) is 0 Å². The predicted molar refractivity (Wildman–Crippen MR) is 69.7 cm³/mol. The van der Waals surface area contributed by atoms with Crippen LogP contribution in [0.5, 0.6) is 0 Å². The standard InChI is InChI=1S/C13H15ClN2O/c1-16(8-11-4-5-17-9-11)7-10-2-3-12(14)13(15)6-10/h2-6,9H,7-8,15H2,1H3. The number of rotatable bonds is 4. The van der Waals surface area contributed by atoms with Gasteiger partial charge in [-0.25, -0.2) is 0 Å². The molecule has 0 spiro atoms. The van der Waals surface area contributed by atoms with Gasteiger partial charge in [0.2, 0.25) is 0 Å². The molecule has 2 N–H and O–H groups in total. The molecule has 0 bridgehead atoms. The molecule has 0 unspecified atom stereocenters. The van der Waals surface area contributed by atoms with Crippen LogP contribution in [0.1, 0.15) is 11.1 Å². The Labute approximate surface area is 106 Å². The van der Waals surface area contributed by atoms with Crippen molar-refractivity contribution in [1.82, 2.24) is 4.90 Å². The molecule has 0 fully saturated rings. The summed E-state index contributed by atoms with van der Waals surface area (Å²) in [5.74, 6) is 0. The highest BCUT2D eigenvalue weighted by atomic mass is 35.5. The second-order valence-corrected chi connectivity index (χ2v) is 4.57. The second kappa shape index (κ2) is 5.25. The molecule has 0 saturated heterocycles. The Morgan fingerprint density at radius 1 is 1.24 bits per heavy atom. The van der Waals surface area contributed by atoms with Crippen molar-refractivity contribution in [2.45, 2.75) is 13.1 Å². The third kappa shape index (κ3) is 3.25. The average Bonchev–Trinajstić information content (AvgIpc) is 2.76. The molecule has 0 radical (unpaired) electrons. The van der Waals surface area contributed by atoms with Gasteiger partial charge in [0.15, 0.2) is 0 Å². The summed E-state index contributed by atoms with van der Waals surface area (Å²) in [4.78, 5) is 2.19. The van der Waals surface area contributed by atoms with E-state index in [9.17, 15) is 0 Å². The van der Waals surface area contributed by atoms with Crippen LogP contribution in [0.2, 0.25) is 5.02 Å². The average molecular weight is 251 g/mol. The lowest BCUT2D eigenvalue weighted by Crippen LogP contribution is -2.16. The molecular weight excluding hydrogens is 236 g/mol. The van der Waals surface area contributed by atoms with E-state index in [-0.39, 0.29) is 0 Å². The Bertz CT molecular complexity index is 482. The molecule has 2 aromatic rings. The van der Waals surface area contributed by atoms with Crippen LogP contribution in [0.3, 0.4) is 0 Å².